The molecule has 0 heterocycles. The van der Waals surface area contributed by atoms with Crippen molar-refractivity contribution in [3.8, 4) is 6.07 Å². The topological polar surface area (TPSA) is 81.3 Å². The molecule has 0 aliphatic carbocycles. The van der Waals surface area contributed by atoms with E-state index < -0.39 is 7.12 Å². The minimum Gasteiger partial charge on any atom is -0.423 e. The molecule has 0 aliphatic rings. The van der Waals surface area contributed by atoms with Gasteiger partial charge < -0.3 is 10.0 Å². The van der Waals surface area contributed by atoms with E-state index in [1.165, 1.54) is 30.3 Å². The molecule has 4 nitrogen and oxygen atoms in total. The van der Waals surface area contributed by atoms with Crippen LogP contribution >= 0.6 is 0 Å². The van der Waals surface area contributed by atoms with Crippen molar-refractivity contribution in [3.63, 3.8) is 0 Å². The number of hydrogen-bond donors (Lipinski definition) is 2. The van der Waals surface area contributed by atoms with E-state index in [-0.39, 0.29) is 5.78 Å². The number of carbonyl (C=O) groups excluding carboxylic acids is 1. The van der Waals surface area contributed by atoms with Crippen LogP contribution in [0, 0.1) is 11.3 Å². The van der Waals surface area contributed by atoms with Gasteiger partial charge in [-0.05, 0) is 29.2 Å². The Morgan fingerprint density at radius 1 is 1.14 bits per heavy atom. The summed E-state index contributed by atoms with van der Waals surface area (Å²) in [5.41, 5.74) is 2.08. The molecule has 0 aliphatic heterocycles. The van der Waals surface area contributed by atoms with Crippen molar-refractivity contribution in [2.75, 3.05) is 0 Å². The molecule has 0 saturated heterocycles. The van der Waals surface area contributed by atoms with Crippen molar-refractivity contribution in [2.24, 2.45) is 0 Å². The molecule has 0 unspecified atom stereocenters. The third kappa shape index (κ3) is 3.89. The van der Waals surface area contributed by atoms with Crippen LogP contribution in [0.3, 0.4) is 0 Å². The van der Waals surface area contributed by atoms with Gasteiger partial charge in [0.2, 0.25) is 0 Å². The maximum atomic E-state index is 12.0. The van der Waals surface area contributed by atoms with E-state index in [4.69, 9.17) is 15.3 Å². The largest absolute Gasteiger partial charge is 0.488 e. The molecule has 102 valence electrons. The summed E-state index contributed by atoms with van der Waals surface area (Å²) in [6, 6.07) is 15.0. The van der Waals surface area contributed by atoms with E-state index in [1.54, 1.807) is 30.3 Å². The van der Waals surface area contributed by atoms with Crippen LogP contribution in [0.4, 0.5) is 0 Å². The number of nitriles is 1. The second-order valence-corrected chi connectivity index (χ2v) is 4.43. The molecule has 2 aromatic rings. The van der Waals surface area contributed by atoms with Crippen LogP contribution in [0.25, 0.3) is 6.08 Å². The molecule has 0 bridgehead atoms. The maximum absolute atomic E-state index is 12.0. The Morgan fingerprint density at radius 3 is 2.48 bits per heavy atom. The van der Waals surface area contributed by atoms with E-state index in [2.05, 4.69) is 0 Å². The minimum absolute atomic E-state index is 0.198. The molecule has 5 heteroatoms. The average molecular weight is 277 g/mol. The van der Waals surface area contributed by atoms with Gasteiger partial charge in [-0.15, -0.1) is 0 Å². The van der Waals surface area contributed by atoms with Gasteiger partial charge in [0.1, 0.15) is 0 Å². The number of carbonyl (C=O) groups is 1. The van der Waals surface area contributed by atoms with Gasteiger partial charge in [0.15, 0.2) is 5.78 Å². The Hall–Kier alpha value is -2.68. The lowest BCUT2D eigenvalue weighted by Gasteiger charge is -2.00. The standard InChI is InChI=1S/C16H12BNO3/c18-11-13-3-1-2-12(10-13)4-9-16(19)14-5-7-15(8-6-14)17(20)21/h1-10,20-21H/b9-4+. The van der Waals surface area contributed by atoms with Gasteiger partial charge in [0.25, 0.3) is 0 Å². The first-order chi connectivity index (χ1) is 10.1. The van der Waals surface area contributed by atoms with Crippen molar-refractivity contribution in [1.29, 1.82) is 5.26 Å². The molecule has 0 amide bonds. The summed E-state index contributed by atoms with van der Waals surface area (Å²) >= 11 is 0. The first kappa shape index (κ1) is 14.7. The zero-order valence-corrected chi connectivity index (χ0v) is 11.1. The van der Waals surface area contributed by atoms with E-state index in [9.17, 15) is 4.79 Å². The fraction of sp³-hybridized carbons (Fsp3) is 0. The Balaban J connectivity index is 2.13. The quantitative estimate of drug-likeness (QED) is 0.498. The van der Waals surface area contributed by atoms with Crippen LogP contribution in [0.5, 0.6) is 0 Å². The van der Waals surface area contributed by atoms with E-state index in [0.717, 1.165) is 5.56 Å². The SMILES string of the molecule is N#Cc1cccc(/C=C/C(=O)c2ccc(B(O)O)cc2)c1. The first-order valence-electron chi connectivity index (χ1n) is 6.29. The highest BCUT2D eigenvalue weighted by Gasteiger charge is 2.10. The number of benzene rings is 2. The fourth-order valence-electron chi connectivity index (χ4n) is 1.80. The zero-order chi connectivity index (χ0) is 15.2. The van der Waals surface area contributed by atoms with Crippen LogP contribution in [-0.4, -0.2) is 22.9 Å². The van der Waals surface area contributed by atoms with Gasteiger partial charge in [-0.2, -0.15) is 5.26 Å². The molecular formula is C16H12BNO3. The molecule has 0 radical (unpaired) electrons. The molecule has 0 spiro atoms. The minimum atomic E-state index is -1.54. The van der Waals surface area contributed by atoms with E-state index >= 15 is 0 Å². The number of allylic oxidation sites excluding steroid dienone is 1. The monoisotopic (exact) mass is 277 g/mol. The highest BCUT2D eigenvalue weighted by molar-refractivity contribution is 6.58. The Bertz CT molecular complexity index is 715. The molecule has 21 heavy (non-hydrogen) atoms. The second kappa shape index (κ2) is 6.66. The van der Waals surface area contributed by atoms with Crippen LogP contribution < -0.4 is 5.46 Å². The molecule has 2 aromatic carbocycles. The normalized spacial score (nSPS) is 10.3. The lowest BCUT2D eigenvalue weighted by atomic mass is 9.80. The van der Waals surface area contributed by atoms with Gasteiger partial charge in [-0.25, -0.2) is 0 Å². The molecule has 2 N–H and O–H groups in total. The molecule has 0 atom stereocenters. The summed E-state index contributed by atoms with van der Waals surface area (Å²) in [5.74, 6) is -0.198. The van der Waals surface area contributed by atoms with Crippen molar-refractivity contribution >= 4 is 24.4 Å². The smallest absolute Gasteiger partial charge is 0.423 e. The molecule has 0 saturated carbocycles. The average Bonchev–Trinajstić information content (AvgIpc) is 2.53. The third-order valence-electron chi connectivity index (χ3n) is 2.94. The number of nitrogens with zero attached hydrogens (tertiary/aromatic N) is 1. The van der Waals surface area contributed by atoms with Crippen LogP contribution in [0.1, 0.15) is 21.5 Å². The molecule has 0 fully saturated rings. The van der Waals surface area contributed by atoms with Crippen molar-refractivity contribution in [3.05, 3.63) is 71.3 Å². The second-order valence-electron chi connectivity index (χ2n) is 4.43. The Morgan fingerprint density at radius 2 is 1.86 bits per heavy atom. The van der Waals surface area contributed by atoms with Crippen LogP contribution in [0.2, 0.25) is 0 Å². The number of rotatable bonds is 4. The molecule has 2 rings (SSSR count). The van der Waals surface area contributed by atoms with Crippen LogP contribution in [-0.2, 0) is 0 Å². The predicted molar refractivity (Wildman–Crippen MR) is 80.8 cm³/mol. The van der Waals surface area contributed by atoms with Crippen LogP contribution in [0.15, 0.2) is 54.6 Å². The lowest BCUT2D eigenvalue weighted by Crippen LogP contribution is -2.29. The number of ketones is 1. The summed E-state index contributed by atoms with van der Waals surface area (Å²) in [5, 5.41) is 26.8. The fourth-order valence-corrected chi connectivity index (χ4v) is 1.80. The first-order valence-corrected chi connectivity index (χ1v) is 6.29. The maximum Gasteiger partial charge on any atom is 0.488 e. The number of hydrogen-bond acceptors (Lipinski definition) is 4. The van der Waals surface area contributed by atoms with Gasteiger partial charge >= 0.3 is 7.12 Å². The van der Waals surface area contributed by atoms with Crippen molar-refractivity contribution in [2.45, 2.75) is 0 Å². The van der Waals surface area contributed by atoms with Gasteiger partial charge in [-0.3, -0.25) is 4.79 Å². The lowest BCUT2D eigenvalue weighted by molar-refractivity contribution is 0.104. The zero-order valence-electron chi connectivity index (χ0n) is 11.1. The van der Waals surface area contributed by atoms with E-state index in [1.807, 2.05) is 6.07 Å². The Kier molecular flexibility index (Phi) is 4.67. The summed E-state index contributed by atoms with van der Waals surface area (Å²) in [6.45, 7) is 0. The Labute approximate surface area is 122 Å². The van der Waals surface area contributed by atoms with E-state index in [0.29, 0.717) is 16.6 Å². The predicted octanol–water partition coefficient (Wildman–Crippen LogP) is 1.13. The summed E-state index contributed by atoms with van der Waals surface area (Å²) in [4.78, 5) is 12.0. The van der Waals surface area contributed by atoms with Crippen molar-refractivity contribution in [1.82, 2.24) is 0 Å². The summed E-state index contributed by atoms with van der Waals surface area (Å²) < 4.78 is 0. The highest BCUT2D eigenvalue weighted by Crippen LogP contribution is 2.08. The van der Waals surface area contributed by atoms with Gasteiger partial charge in [-0.1, -0.05) is 42.5 Å². The summed E-state index contributed by atoms with van der Waals surface area (Å²) in [7, 11) is -1.54. The third-order valence-corrected chi connectivity index (χ3v) is 2.94. The molecular weight excluding hydrogens is 265 g/mol. The highest BCUT2D eigenvalue weighted by atomic mass is 16.4. The van der Waals surface area contributed by atoms with Crippen molar-refractivity contribution < 1.29 is 14.8 Å². The van der Waals surface area contributed by atoms with Gasteiger partial charge in [0.05, 0.1) is 11.6 Å². The molecule has 0 aromatic heterocycles. The van der Waals surface area contributed by atoms with Gasteiger partial charge in [0, 0.05) is 5.56 Å². The summed E-state index contributed by atoms with van der Waals surface area (Å²) in [6.07, 6.45) is 3.05.